The number of quaternary nitrogens is 1. The number of esters is 1. The van der Waals surface area contributed by atoms with Gasteiger partial charge in [-0.2, -0.15) is 0 Å². The molecule has 4 atom stereocenters. The van der Waals surface area contributed by atoms with E-state index in [1.807, 2.05) is 44.2 Å². The second kappa shape index (κ2) is 7.88. The maximum atomic E-state index is 13.5. The van der Waals surface area contributed by atoms with E-state index in [0.29, 0.717) is 11.5 Å². The van der Waals surface area contributed by atoms with Gasteiger partial charge in [0.05, 0.1) is 31.6 Å². The lowest BCUT2D eigenvalue weighted by Gasteiger charge is -2.60. The van der Waals surface area contributed by atoms with Crippen molar-refractivity contribution in [2.45, 2.75) is 64.2 Å². The van der Waals surface area contributed by atoms with E-state index in [0.717, 1.165) is 45.2 Å². The summed E-state index contributed by atoms with van der Waals surface area (Å²) in [5.41, 5.74) is 4.56. The molecule has 0 amide bonds. The number of H-pyrrole nitrogens is 1. The van der Waals surface area contributed by atoms with Gasteiger partial charge in [-0.25, -0.2) is 4.79 Å². The molecule has 4 heterocycles. The van der Waals surface area contributed by atoms with Gasteiger partial charge in [0.2, 0.25) is 5.72 Å². The molecule has 2 saturated heterocycles. The van der Waals surface area contributed by atoms with Gasteiger partial charge in [0.15, 0.2) is 0 Å². The summed E-state index contributed by atoms with van der Waals surface area (Å²) in [5, 5.41) is 0.991. The topological polar surface area (TPSA) is 51.3 Å². The van der Waals surface area contributed by atoms with Crippen molar-refractivity contribution >= 4 is 16.9 Å². The third kappa shape index (κ3) is 3.13. The minimum absolute atomic E-state index is 0.120. The van der Waals surface area contributed by atoms with Crippen LogP contribution in [0.3, 0.4) is 0 Å². The number of benzene rings is 2. The largest absolute Gasteiger partial charge is 0.454 e. The van der Waals surface area contributed by atoms with Crippen LogP contribution in [0.15, 0.2) is 42.5 Å². The maximum Gasteiger partial charge on any atom is 0.341 e. The second-order valence-electron chi connectivity index (χ2n) is 10.8. The van der Waals surface area contributed by atoms with Crippen molar-refractivity contribution in [3.05, 3.63) is 64.8 Å². The summed E-state index contributed by atoms with van der Waals surface area (Å²) >= 11 is 0. The molecule has 5 nitrogen and oxygen atoms in total. The lowest BCUT2D eigenvalue weighted by Crippen LogP contribution is -2.74. The molecule has 0 aliphatic carbocycles. The van der Waals surface area contributed by atoms with Gasteiger partial charge < -0.3 is 14.5 Å². The number of hydrogen-bond donors (Lipinski definition) is 1. The third-order valence-corrected chi connectivity index (χ3v) is 8.90. The first-order chi connectivity index (χ1) is 16.4. The highest BCUT2D eigenvalue weighted by Crippen LogP contribution is 2.52. The van der Waals surface area contributed by atoms with Crippen LogP contribution in [0.4, 0.5) is 0 Å². The minimum Gasteiger partial charge on any atom is -0.454 e. The number of fused-ring (bicyclic) bond motifs is 3. The summed E-state index contributed by atoms with van der Waals surface area (Å²) < 4.78 is 14.0. The third-order valence-electron chi connectivity index (χ3n) is 8.90. The molecule has 178 valence electrons. The van der Waals surface area contributed by atoms with Gasteiger partial charge in [0.25, 0.3) is 0 Å². The SMILES string of the molecule is Cc1[nH]c2ccc3c(c2c1C(=O)O[C@@H](C)c1ccccc1)CC1CCC[N+]2(C)CCCCC12O3. The second-order valence-corrected chi connectivity index (χ2v) is 10.8. The average Bonchev–Trinajstić information content (AvgIpc) is 3.18. The molecule has 1 spiro atoms. The van der Waals surface area contributed by atoms with E-state index < -0.39 is 0 Å². The number of carbonyl (C=O) groups excluding carboxylic acids is 1. The summed E-state index contributed by atoms with van der Waals surface area (Å²) in [6.07, 6.45) is 6.74. The first-order valence-electron chi connectivity index (χ1n) is 12.9. The zero-order valence-electron chi connectivity index (χ0n) is 20.5. The molecule has 6 rings (SSSR count). The fourth-order valence-corrected chi connectivity index (χ4v) is 7.13. The van der Waals surface area contributed by atoms with Gasteiger partial charge in [-0.05, 0) is 63.6 Å². The van der Waals surface area contributed by atoms with Gasteiger partial charge >= 0.3 is 5.97 Å². The van der Waals surface area contributed by atoms with Crippen LogP contribution in [-0.2, 0) is 11.2 Å². The zero-order valence-corrected chi connectivity index (χ0v) is 20.5. The van der Waals surface area contributed by atoms with E-state index in [1.165, 1.54) is 44.3 Å². The van der Waals surface area contributed by atoms with E-state index in [9.17, 15) is 4.79 Å². The Kier molecular flexibility index (Phi) is 5.03. The van der Waals surface area contributed by atoms with E-state index in [4.69, 9.17) is 9.47 Å². The Labute approximate surface area is 201 Å². The molecule has 2 fully saturated rings. The van der Waals surface area contributed by atoms with Crippen molar-refractivity contribution in [3.8, 4) is 5.75 Å². The first-order valence-corrected chi connectivity index (χ1v) is 12.9. The van der Waals surface area contributed by atoms with Gasteiger partial charge in [0, 0.05) is 28.6 Å². The Bertz CT molecular complexity index is 1250. The number of ether oxygens (including phenoxy) is 2. The van der Waals surface area contributed by atoms with Crippen molar-refractivity contribution in [2.24, 2.45) is 5.92 Å². The van der Waals surface area contributed by atoms with Crippen LogP contribution in [0.2, 0.25) is 0 Å². The van der Waals surface area contributed by atoms with Crippen LogP contribution in [-0.4, -0.2) is 41.3 Å². The van der Waals surface area contributed by atoms with E-state index in [2.05, 4.69) is 24.2 Å². The predicted molar refractivity (Wildman–Crippen MR) is 133 cm³/mol. The predicted octanol–water partition coefficient (Wildman–Crippen LogP) is 6.07. The van der Waals surface area contributed by atoms with Crippen LogP contribution in [0.25, 0.3) is 10.9 Å². The Morgan fingerprint density at radius 1 is 1.15 bits per heavy atom. The fraction of sp³-hybridized carbons (Fsp3) is 0.483. The van der Waals surface area contributed by atoms with Crippen LogP contribution in [0.5, 0.6) is 5.75 Å². The summed E-state index contributed by atoms with van der Waals surface area (Å²) in [7, 11) is 2.41. The number of aromatic nitrogens is 1. The number of rotatable bonds is 3. The highest BCUT2D eigenvalue weighted by molar-refractivity contribution is 6.07. The first kappa shape index (κ1) is 21.7. The molecular formula is C29H35N2O3+. The Balaban J connectivity index is 1.41. The van der Waals surface area contributed by atoms with E-state index in [1.54, 1.807) is 0 Å². The number of aromatic amines is 1. The smallest absolute Gasteiger partial charge is 0.341 e. The highest BCUT2D eigenvalue weighted by atomic mass is 16.5. The average molecular weight is 460 g/mol. The number of hydrogen-bond acceptors (Lipinski definition) is 3. The molecule has 1 N–H and O–H groups in total. The van der Waals surface area contributed by atoms with E-state index >= 15 is 0 Å². The number of nitrogens with zero attached hydrogens (tertiary/aromatic N) is 1. The van der Waals surface area contributed by atoms with Crippen LogP contribution in [0, 0.1) is 12.8 Å². The van der Waals surface area contributed by atoms with Crippen molar-refractivity contribution in [1.82, 2.24) is 4.98 Å². The van der Waals surface area contributed by atoms with Crippen molar-refractivity contribution < 1.29 is 18.8 Å². The molecule has 3 aliphatic rings. The molecule has 0 radical (unpaired) electrons. The van der Waals surface area contributed by atoms with Gasteiger partial charge in [0.1, 0.15) is 11.9 Å². The number of piperidine rings is 2. The van der Waals surface area contributed by atoms with E-state index in [-0.39, 0.29) is 17.8 Å². The number of nitrogens with one attached hydrogen (secondary N) is 1. The molecule has 5 heteroatoms. The van der Waals surface area contributed by atoms with Crippen LogP contribution in [0.1, 0.15) is 72.3 Å². The normalized spacial score (nSPS) is 28.9. The molecule has 34 heavy (non-hydrogen) atoms. The summed E-state index contributed by atoms with van der Waals surface area (Å²) in [5.74, 6) is 1.17. The minimum atomic E-state index is -0.310. The molecule has 0 saturated carbocycles. The van der Waals surface area contributed by atoms with Crippen molar-refractivity contribution in [2.75, 3.05) is 20.1 Å². The quantitative estimate of drug-likeness (QED) is 0.382. The molecular weight excluding hydrogens is 424 g/mol. The maximum absolute atomic E-state index is 13.5. The van der Waals surface area contributed by atoms with Crippen molar-refractivity contribution in [1.29, 1.82) is 0 Å². The summed E-state index contributed by atoms with van der Waals surface area (Å²) in [6.45, 7) is 6.30. The van der Waals surface area contributed by atoms with Gasteiger partial charge in [-0.15, -0.1) is 0 Å². The standard InChI is InChI=1S/C29H34N2O3/c1-19-26(28(32)33-20(2)21-10-5-4-6-11-21)27-23-18-22-12-9-17-31(3)16-8-7-15-29(22,31)34-25(23)14-13-24(27)30-19/h4-6,10-11,13-14,20,22H,7-9,12,15-18H2,1-3H3/p+1/t20-,22?,29?,31?/m0/s1. The Hall–Kier alpha value is -2.79. The molecule has 2 aromatic carbocycles. The monoisotopic (exact) mass is 459 g/mol. The zero-order chi connectivity index (χ0) is 23.5. The van der Waals surface area contributed by atoms with Crippen LogP contribution < -0.4 is 4.74 Å². The lowest BCUT2D eigenvalue weighted by molar-refractivity contribution is -0.995. The summed E-state index contributed by atoms with van der Waals surface area (Å²) in [6, 6.07) is 14.1. The summed E-state index contributed by atoms with van der Waals surface area (Å²) in [4.78, 5) is 16.9. The van der Waals surface area contributed by atoms with Gasteiger partial charge in [-0.1, -0.05) is 30.3 Å². The molecule has 1 aromatic heterocycles. The lowest BCUT2D eigenvalue weighted by atomic mass is 9.72. The molecule has 3 aromatic rings. The molecule has 3 unspecified atom stereocenters. The molecule has 0 bridgehead atoms. The highest BCUT2D eigenvalue weighted by Gasteiger charge is 2.61. The Morgan fingerprint density at radius 3 is 2.76 bits per heavy atom. The number of carbonyl (C=O) groups is 1. The van der Waals surface area contributed by atoms with Gasteiger partial charge in [-0.3, -0.25) is 4.48 Å². The fourth-order valence-electron chi connectivity index (χ4n) is 7.13. The van der Waals surface area contributed by atoms with Crippen LogP contribution >= 0.6 is 0 Å². The Morgan fingerprint density at radius 2 is 1.94 bits per heavy atom. The van der Waals surface area contributed by atoms with Crippen molar-refractivity contribution in [3.63, 3.8) is 0 Å². The number of aryl methyl sites for hydroxylation is 1. The molecule has 3 aliphatic heterocycles.